The normalized spacial score (nSPS) is 12.3. The van der Waals surface area contributed by atoms with Crippen LogP contribution in [0.2, 0.25) is 0 Å². The largest absolute Gasteiger partial charge is 0.348 e. The molecule has 6 heteroatoms. The Kier molecular flexibility index (Phi) is 11.6. The van der Waals surface area contributed by atoms with E-state index in [9.17, 15) is 9.59 Å². The molecule has 2 amide bonds. The minimum atomic E-state index is -0.387. The number of carbonyl (C=O) groups is 2. The van der Waals surface area contributed by atoms with Crippen LogP contribution in [-0.2, 0) is 16.0 Å². The van der Waals surface area contributed by atoms with E-state index in [0.29, 0.717) is 12.8 Å². The number of likely N-dealkylation sites (N-methyl/N-ethyl adjacent to an activating group) is 1. The van der Waals surface area contributed by atoms with Gasteiger partial charge < -0.3 is 4.98 Å². The first-order valence-electron chi connectivity index (χ1n) is 10.0. The lowest BCUT2D eigenvalue weighted by atomic mass is 10.1. The lowest BCUT2D eigenvalue weighted by Gasteiger charge is -2.22. The molecular formula is C20H36N4O2. The van der Waals surface area contributed by atoms with E-state index < -0.39 is 0 Å². The van der Waals surface area contributed by atoms with Crippen LogP contribution in [0.5, 0.6) is 0 Å². The van der Waals surface area contributed by atoms with Crippen molar-refractivity contribution in [2.45, 2.75) is 83.6 Å². The molecule has 0 fully saturated rings. The van der Waals surface area contributed by atoms with Gasteiger partial charge in [-0.1, -0.05) is 58.3 Å². The molecule has 148 valence electrons. The number of hydrogen-bond donors (Lipinski definition) is 2. The Morgan fingerprint density at radius 1 is 1.08 bits per heavy atom. The number of carbonyl (C=O) groups excluding carboxylic acids is 2. The summed E-state index contributed by atoms with van der Waals surface area (Å²) in [5.74, 6) is -0.417. The summed E-state index contributed by atoms with van der Waals surface area (Å²) in [6, 6.07) is -0.387. The van der Waals surface area contributed by atoms with Gasteiger partial charge in [0.05, 0.1) is 12.4 Å². The molecule has 0 saturated carbocycles. The Morgan fingerprint density at radius 2 is 1.69 bits per heavy atom. The highest BCUT2D eigenvalue weighted by Gasteiger charge is 2.23. The minimum absolute atomic E-state index is 0.172. The van der Waals surface area contributed by atoms with Crippen LogP contribution in [0.4, 0.5) is 0 Å². The van der Waals surface area contributed by atoms with E-state index in [-0.39, 0.29) is 17.9 Å². The molecule has 0 bridgehead atoms. The fourth-order valence-corrected chi connectivity index (χ4v) is 2.99. The predicted molar refractivity (Wildman–Crippen MR) is 105 cm³/mol. The monoisotopic (exact) mass is 364 g/mol. The van der Waals surface area contributed by atoms with Crippen molar-refractivity contribution in [1.82, 2.24) is 20.2 Å². The third-order valence-electron chi connectivity index (χ3n) is 4.66. The van der Waals surface area contributed by atoms with Crippen LogP contribution < -0.4 is 5.32 Å². The molecule has 2 N–H and O–H groups in total. The molecule has 0 unspecified atom stereocenters. The first-order valence-corrected chi connectivity index (χ1v) is 10.0. The van der Waals surface area contributed by atoms with Gasteiger partial charge in [0.25, 0.3) is 0 Å². The van der Waals surface area contributed by atoms with Crippen molar-refractivity contribution in [2.75, 3.05) is 14.1 Å². The molecule has 0 aliphatic carbocycles. The number of amides is 2. The molecule has 0 saturated heterocycles. The molecule has 0 spiro atoms. The summed E-state index contributed by atoms with van der Waals surface area (Å²) in [5, 5.41) is 2.55. The summed E-state index contributed by atoms with van der Waals surface area (Å²) in [4.78, 5) is 33.2. The van der Waals surface area contributed by atoms with E-state index in [1.54, 1.807) is 12.5 Å². The number of imidazole rings is 1. The third kappa shape index (κ3) is 9.70. The Morgan fingerprint density at radius 3 is 2.23 bits per heavy atom. The van der Waals surface area contributed by atoms with Gasteiger partial charge in [-0.3, -0.25) is 19.8 Å². The van der Waals surface area contributed by atoms with Crippen LogP contribution in [-0.4, -0.2) is 46.8 Å². The second-order valence-corrected chi connectivity index (χ2v) is 7.25. The summed E-state index contributed by atoms with van der Waals surface area (Å²) in [7, 11) is 3.68. The lowest BCUT2D eigenvalue weighted by molar-refractivity contribution is -0.133. The summed E-state index contributed by atoms with van der Waals surface area (Å²) < 4.78 is 0. The van der Waals surface area contributed by atoms with Crippen LogP contribution in [0.1, 0.15) is 76.8 Å². The van der Waals surface area contributed by atoms with Gasteiger partial charge in [-0.15, -0.1) is 0 Å². The Hall–Kier alpha value is -1.69. The topological polar surface area (TPSA) is 78.1 Å². The summed E-state index contributed by atoms with van der Waals surface area (Å²) in [6.45, 7) is 2.23. The minimum Gasteiger partial charge on any atom is -0.348 e. The van der Waals surface area contributed by atoms with Gasteiger partial charge in [0.2, 0.25) is 11.8 Å². The molecule has 0 aliphatic rings. The highest BCUT2D eigenvalue weighted by atomic mass is 16.2. The molecule has 0 radical (unpaired) electrons. The zero-order valence-electron chi connectivity index (χ0n) is 16.7. The Balaban J connectivity index is 2.17. The van der Waals surface area contributed by atoms with E-state index >= 15 is 0 Å². The summed E-state index contributed by atoms with van der Waals surface area (Å²) >= 11 is 0. The SMILES string of the molecule is CCCCCCCCCCCC(=O)NC(=O)[C@H](Cc1cnc[nH]1)N(C)C. The molecule has 0 aliphatic heterocycles. The number of rotatable bonds is 14. The molecule has 1 heterocycles. The van der Waals surface area contributed by atoms with Crippen LogP contribution in [0.3, 0.4) is 0 Å². The van der Waals surface area contributed by atoms with Gasteiger partial charge in [-0.2, -0.15) is 0 Å². The van der Waals surface area contributed by atoms with Gasteiger partial charge in [-0.05, 0) is 20.5 Å². The van der Waals surface area contributed by atoms with Crippen molar-refractivity contribution in [2.24, 2.45) is 0 Å². The Bertz CT molecular complexity index is 500. The first kappa shape index (κ1) is 22.4. The molecule has 1 atom stereocenters. The predicted octanol–water partition coefficient (Wildman–Crippen LogP) is 3.45. The zero-order valence-corrected chi connectivity index (χ0v) is 16.7. The van der Waals surface area contributed by atoms with Gasteiger partial charge in [0, 0.05) is 24.7 Å². The van der Waals surface area contributed by atoms with Crippen LogP contribution in [0.25, 0.3) is 0 Å². The third-order valence-corrected chi connectivity index (χ3v) is 4.66. The number of H-pyrrole nitrogens is 1. The molecule has 1 aromatic heterocycles. The van der Waals surface area contributed by atoms with E-state index in [1.807, 2.05) is 19.0 Å². The van der Waals surface area contributed by atoms with Gasteiger partial charge in [-0.25, -0.2) is 4.98 Å². The van der Waals surface area contributed by atoms with Crippen molar-refractivity contribution in [1.29, 1.82) is 0 Å². The van der Waals surface area contributed by atoms with E-state index in [0.717, 1.165) is 18.5 Å². The maximum atomic E-state index is 12.4. The number of imide groups is 1. The standard InChI is InChI=1S/C20H36N4O2/c1-4-5-6-7-8-9-10-11-12-13-19(25)23-20(26)18(24(2)3)14-17-15-21-16-22-17/h15-16,18H,4-14H2,1-3H3,(H,21,22)(H,23,25,26)/t18-/m0/s1. The Labute approximate surface area is 158 Å². The van der Waals surface area contributed by atoms with Crippen LogP contribution in [0, 0.1) is 0 Å². The van der Waals surface area contributed by atoms with Crippen molar-refractivity contribution in [3.05, 3.63) is 18.2 Å². The van der Waals surface area contributed by atoms with Crippen molar-refractivity contribution < 1.29 is 9.59 Å². The first-order chi connectivity index (χ1) is 12.5. The van der Waals surface area contributed by atoms with Gasteiger partial charge in [0.1, 0.15) is 0 Å². The zero-order chi connectivity index (χ0) is 19.2. The number of aromatic amines is 1. The molecule has 1 aromatic rings. The smallest absolute Gasteiger partial charge is 0.244 e. The van der Waals surface area contributed by atoms with Crippen molar-refractivity contribution >= 4 is 11.8 Å². The average molecular weight is 365 g/mol. The fraction of sp³-hybridized carbons (Fsp3) is 0.750. The second-order valence-electron chi connectivity index (χ2n) is 7.25. The molecular weight excluding hydrogens is 328 g/mol. The lowest BCUT2D eigenvalue weighted by Crippen LogP contribution is -2.47. The van der Waals surface area contributed by atoms with Gasteiger partial charge in [0.15, 0.2) is 0 Å². The number of nitrogens with one attached hydrogen (secondary N) is 2. The molecule has 6 nitrogen and oxygen atoms in total. The summed E-state index contributed by atoms with van der Waals surface area (Å²) in [5.41, 5.74) is 0.880. The number of nitrogens with zero attached hydrogens (tertiary/aromatic N) is 2. The molecule has 0 aromatic carbocycles. The second kappa shape index (κ2) is 13.5. The van der Waals surface area contributed by atoms with Crippen LogP contribution in [0.15, 0.2) is 12.5 Å². The average Bonchev–Trinajstić information content (AvgIpc) is 3.11. The van der Waals surface area contributed by atoms with E-state index in [4.69, 9.17) is 0 Å². The van der Waals surface area contributed by atoms with Crippen molar-refractivity contribution in [3.8, 4) is 0 Å². The highest BCUT2D eigenvalue weighted by Crippen LogP contribution is 2.10. The number of unbranched alkanes of at least 4 members (excludes halogenated alkanes) is 8. The molecule has 26 heavy (non-hydrogen) atoms. The quantitative estimate of drug-likeness (QED) is 0.496. The van der Waals surface area contributed by atoms with Crippen LogP contribution >= 0.6 is 0 Å². The highest BCUT2D eigenvalue weighted by molar-refractivity contribution is 5.97. The maximum Gasteiger partial charge on any atom is 0.244 e. The van der Waals surface area contributed by atoms with Crippen molar-refractivity contribution in [3.63, 3.8) is 0 Å². The fourth-order valence-electron chi connectivity index (χ4n) is 2.99. The number of hydrogen-bond acceptors (Lipinski definition) is 4. The number of aromatic nitrogens is 2. The molecule has 1 rings (SSSR count). The maximum absolute atomic E-state index is 12.4. The van der Waals surface area contributed by atoms with E-state index in [1.165, 1.54) is 44.9 Å². The summed E-state index contributed by atoms with van der Waals surface area (Å²) in [6.07, 6.45) is 15.1. The van der Waals surface area contributed by atoms with E-state index in [2.05, 4.69) is 22.2 Å². The van der Waals surface area contributed by atoms with Gasteiger partial charge >= 0.3 is 0 Å².